The Morgan fingerprint density at radius 3 is 2.87 bits per heavy atom. The van der Waals surface area contributed by atoms with E-state index in [2.05, 4.69) is 20.7 Å². The third-order valence-electron chi connectivity index (χ3n) is 2.06. The van der Waals surface area contributed by atoms with Crippen LogP contribution in [0.3, 0.4) is 0 Å². The fourth-order valence-corrected chi connectivity index (χ4v) is 1.88. The molecule has 0 radical (unpaired) electrons. The van der Waals surface area contributed by atoms with Crippen molar-refractivity contribution in [2.45, 2.75) is 12.8 Å². The van der Waals surface area contributed by atoms with Crippen molar-refractivity contribution in [1.82, 2.24) is 0 Å². The van der Waals surface area contributed by atoms with Crippen molar-refractivity contribution in [2.75, 3.05) is 12.4 Å². The fraction of sp³-hybridized carbons (Fsp3) is 0.364. The predicted molar refractivity (Wildman–Crippen MR) is 64.9 cm³/mol. The van der Waals surface area contributed by atoms with Crippen LogP contribution in [0.25, 0.3) is 0 Å². The van der Waals surface area contributed by atoms with E-state index in [1.165, 1.54) is 7.11 Å². The zero-order valence-corrected chi connectivity index (χ0v) is 10.8. The van der Waals surface area contributed by atoms with E-state index >= 15 is 0 Å². The van der Waals surface area contributed by atoms with Crippen molar-refractivity contribution >= 4 is 33.5 Å². The second kappa shape index (κ2) is 6.13. The second-order valence-corrected chi connectivity index (χ2v) is 4.23. The Bertz CT molecular complexity index is 352. The molecule has 82 valence electrons. The van der Waals surface area contributed by atoms with Crippen molar-refractivity contribution in [2.24, 2.45) is 0 Å². The lowest BCUT2D eigenvalue weighted by atomic mass is 10.1. The number of rotatable bonds is 4. The predicted octanol–water partition coefficient (Wildman–Crippen LogP) is 3.45. The molecule has 0 N–H and O–H groups in total. The van der Waals surface area contributed by atoms with Gasteiger partial charge in [0.15, 0.2) is 0 Å². The topological polar surface area (TPSA) is 26.3 Å². The average molecular weight is 292 g/mol. The highest BCUT2D eigenvalue weighted by Crippen LogP contribution is 2.23. The summed E-state index contributed by atoms with van der Waals surface area (Å²) in [5, 5.41) is 1.43. The highest BCUT2D eigenvalue weighted by molar-refractivity contribution is 9.09. The maximum Gasteiger partial charge on any atom is 0.339 e. The van der Waals surface area contributed by atoms with E-state index in [1.807, 2.05) is 12.1 Å². The molecular weight excluding hydrogens is 279 g/mol. The number of alkyl halides is 1. The van der Waals surface area contributed by atoms with Crippen molar-refractivity contribution in [3.8, 4) is 0 Å². The Morgan fingerprint density at radius 2 is 2.27 bits per heavy atom. The number of ether oxygens (including phenoxy) is 1. The Morgan fingerprint density at radius 1 is 1.53 bits per heavy atom. The van der Waals surface area contributed by atoms with Crippen molar-refractivity contribution in [1.29, 1.82) is 0 Å². The first-order valence-electron chi connectivity index (χ1n) is 4.62. The van der Waals surface area contributed by atoms with E-state index in [0.29, 0.717) is 10.6 Å². The van der Waals surface area contributed by atoms with Crippen LogP contribution in [0, 0.1) is 0 Å². The Balaban J connectivity index is 2.95. The van der Waals surface area contributed by atoms with Gasteiger partial charge in [-0.3, -0.25) is 0 Å². The number of benzene rings is 1. The van der Waals surface area contributed by atoms with Crippen LogP contribution >= 0.6 is 27.5 Å². The van der Waals surface area contributed by atoms with Crippen LogP contribution < -0.4 is 0 Å². The number of hydrogen-bond acceptors (Lipinski definition) is 2. The molecule has 0 unspecified atom stereocenters. The van der Waals surface area contributed by atoms with Crippen molar-refractivity contribution < 1.29 is 9.53 Å². The first kappa shape index (κ1) is 12.5. The van der Waals surface area contributed by atoms with Crippen LogP contribution in [0.5, 0.6) is 0 Å². The van der Waals surface area contributed by atoms with Gasteiger partial charge in [0.1, 0.15) is 0 Å². The summed E-state index contributed by atoms with van der Waals surface area (Å²) in [4.78, 5) is 11.3. The van der Waals surface area contributed by atoms with Gasteiger partial charge < -0.3 is 4.74 Å². The molecule has 0 aromatic heterocycles. The minimum atomic E-state index is -0.388. The molecule has 2 nitrogen and oxygen atoms in total. The van der Waals surface area contributed by atoms with Gasteiger partial charge in [0.25, 0.3) is 0 Å². The summed E-state index contributed by atoms with van der Waals surface area (Å²) in [5.74, 6) is -0.388. The third kappa shape index (κ3) is 3.21. The highest BCUT2D eigenvalue weighted by Gasteiger charge is 2.12. The number of halogens is 2. The van der Waals surface area contributed by atoms with Crippen LogP contribution in [-0.2, 0) is 11.2 Å². The SMILES string of the molecule is COC(=O)c1cccc(CCCBr)c1Cl. The molecule has 0 aliphatic rings. The normalized spacial score (nSPS) is 10.1. The first-order valence-corrected chi connectivity index (χ1v) is 6.12. The van der Waals surface area contributed by atoms with E-state index in [-0.39, 0.29) is 5.97 Å². The monoisotopic (exact) mass is 290 g/mol. The van der Waals surface area contributed by atoms with Gasteiger partial charge in [0.2, 0.25) is 0 Å². The molecule has 4 heteroatoms. The van der Waals surface area contributed by atoms with Crippen LogP contribution in [0.4, 0.5) is 0 Å². The fourth-order valence-electron chi connectivity index (χ4n) is 1.30. The highest BCUT2D eigenvalue weighted by atomic mass is 79.9. The quantitative estimate of drug-likeness (QED) is 0.627. The maximum absolute atomic E-state index is 11.3. The zero-order valence-electron chi connectivity index (χ0n) is 8.43. The van der Waals surface area contributed by atoms with Gasteiger partial charge in [-0.2, -0.15) is 0 Å². The minimum absolute atomic E-state index is 0.388. The Hall–Kier alpha value is -0.540. The summed E-state index contributed by atoms with van der Waals surface area (Å²) in [5.41, 5.74) is 1.42. The summed E-state index contributed by atoms with van der Waals surface area (Å²) < 4.78 is 4.64. The molecule has 1 aromatic carbocycles. The van der Waals surface area contributed by atoms with Gasteiger partial charge in [0, 0.05) is 5.33 Å². The molecule has 15 heavy (non-hydrogen) atoms. The van der Waals surface area contributed by atoms with Crippen LogP contribution in [0.2, 0.25) is 5.02 Å². The molecule has 0 aliphatic heterocycles. The lowest BCUT2D eigenvalue weighted by Crippen LogP contribution is -2.03. The largest absolute Gasteiger partial charge is 0.465 e. The molecule has 0 bridgehead atoms. The third-order valence-corrected chi connectivity index (χ3v) is 3.07. The number of aryl methyl sites for hydroxylation is 1. The van der Waals surface area contributed by atoms with Crippen molar-refractivity contribution in [3.05, 3.63) is 34.3 Å². The molecule has 0 fully saturated rings. The molecule has 0 saturated heterocycles. The molecule has 1 aromatic rings. The first-order chi connectivity index (χ1) is 7.20. The molecule has 1 rings (SSSR count). The van der Waals surface area contributed by atoms with Crippen LogP contribution in [0.15, 0.2) is 18.2 Å². The van der Waals surface area contributed by atoms with E-state index in [1.54, 1.807) is 6.07 Å². The van der Waals surface area contributed by atoms with E-state index in [9.17, 15) is 4.79 Å². The number of hydrogen-bond donors (Lipinski definition) is 0. The number of esters is 1. The summed E-state index contributed by atoms with van der Waals surface area (Å²) in [7, 11) is 1.35. The van der Waals surface area contributed by atoms with Gasteiger partial charge in [-0.1, -0.05) is 39.7 Å². The molecule has 0 spiro atoms. The minimum Gasteiger partial charge on any atom is -0.465 e. The molecule has 0 saturated carbocycles. The Kier molecular flexibility index (Phi) is 5.12. The van der Waals surface area contributed by atoms with Gasteiger partial charge >= 0.3 is 5.97 Å². The van der Waals surface area contributed by atoms with Crippen molar-refractivity contribution in [3.63, 3.8) is 0 Å². The van der Waals surface area contributed by atoms with E-state index in [0.717, 1.165) is 23.7 Å². The number of carbonyl (C=O) groups is 1. The number of carbonyl (C=O) groups excluding carboxylic acids is 1. The average Bonchev–Trinajstić information content (AvgIpc) is 2.27. The molecule has 0 atom stereocenters. The van der Waals surface area contributed by atoms with Crippen LogP contribution in [-0.4, -0.2) is 18.4 Å². The summed E-state index contributed by atoms with van der Waals surface area (Å²) >= 11 is 9.46. The van der Waals surface area contributed by atoms with Crippen LogP contribution in [0.1, 0.15) is 22.3 Å². The number of methoxy groups -OCH3 is 1. The lowest BCUT2D eigenvalue weighted by Gasteiger charge is -2.07. The zero-order chi connectivity index (χ0) is 11.3. The second-order valence-electron chi connectivity index (χ2n) is 3.06. The van der Waals surface area contributed by atoms with E-state index in [4.69, 9.17) is 11.6 Å². The van der Waals surface area contributed by atoms with Gasteiger partial charge in [-0.05, 0) is 24.5 Å². The molecule has 0 amide bonds. The summed E-state index contributed by atoms with van der Waals surface area (Å²) in [6.45, 7) is 0. The Labute approximate surface area is 103 Å². The molecule has 0 heterocycles. The van der Waals surface area contributed by atoms with E-state index < -0.39 is 0 Å². The van der Waals surface area contributed by atoms with Gasteiger partial charge in [-0.25, -0.2) is 4.79 Å². The van der Waals surface area contributed by atoms with Gasteiger partial charge in [0.05, 0.1) is 17.7 Å². The molecule has 0 aliphatic carbocycles. The smallest absolute Gasteiger partial charge is 0.339 e. The van der Waals surface area contributed by atoms with Gasteiger partial charge in [-0.15, -0.1) is 0 Å². The molecular formula is C11H12BrClO2. The summed E-state index contributed by atoms with van der Waals surface area (Å²) in [6, 6.07) is 5.42. The maximum atomic E-state index is 11.3. The lowest BCUT2D eigenvalue weighted by molar-refractivity contribution is 0.0601. The summed E-state index contributed by atoms with van der Waals surface area (Å²) in [6.07, 6.45) is 1.85. The standard InChI is InChI=1S/C11H12BrClO2/c1-15-11(14)9-6-2-4-8(10(9)13)5-3-7-12/h2,4,6H,3,5,7H2,1H3.